The first kappa shape index (κ1) is 13.3. The molecule has 2 rings (SSSR count). The monoisotopic (exact) mass is 253 g/mol. The topological polar surface area (TPSA) is 52.7 Å². The van der Waals surface area contributed by atoms with Crippen molar-refractivity contribution in [3.63, 3.8) is 0 Å². The van der Waals surface area contributed by atoms with Crippen molar-refractivity contribution in [2.75, 3.05) is 32.7 Å². The predicted molar refractivity (Wildman–Crippen MR) is 69.1 cm³/mol. The van der Waals surface area contributed by atoms with Gasteiger partial charge in [-0.3, -0.25) is 9.59 Å². The SMILES string of the molecule is CCC(=O)N1CCCN(C(=O)C2CCCN2)CC1. The lowest BCUT2D eigenvalue weighted by atomic mass is 10.2. The van der Waals surface area contributed by atoms with Crippen molar-refractivity contribution in [3.8, 4) is 0 Å². The fraction of sp³-hybridized carbons (Fsp3) is 0.846. The lowest BCUT2D eigenvalue weighted by Crippen LogP contribution is -2.45. The molecule has 0 spiro atoms. The van der Waals surface area contributed by atoms with Crippen LogP contribution in [-0.2, 0) is 9.59 Å². The molecule has 0 aromatic carbocycles. The van der Waals surface area contributed by atoms with Gasteiger partial charge in [0.05, 0.1) is 6.04 Å². The largest absolute Gasteiger partial charge is 0.341 e. The van der Waals surface area contributed by atoms with Crippen molar-refractivity contribution in [1.29, 1.82) is 0 Å². The van der Waals surface area contributed by atoms with E-state index >= 15 is 0 Å². The summed E-state index contributed by atoms with van der Waals surface area (Å²) in [4.78, 5) is 27.7. The van der Waals surface area contributed by atoms with E-state index in [1.165, 1.54) is 0 Å². The number of rotatable bonds is 2. The molecule has 0 radical (unpaired) electrons. The standard InChI is InChI=1S/C13H23N3O2/c1-2-12(17)15-7-4-8-16(10-9-15)13(18)11-5-3-6-14-11/h11,14H,2-10H2,1H3. The molecule has 0 bridgehead atoms. The Kier molecular flexibility index (Phi) is 4.58. The van der Waals surface area contributed by atoms with E-state index in [9.17, 15) is 9.59 Å². The van der Waals surface area contributed by atoms with Gasteiger partial charge in [-0.2, -0.15) is 0 Å². The molecule has 1 atom stereocenters. The van der Waals surface area contributed by atoms with Crippen LogP contribution < -0.4 is 5.32 Å². The van der Waals surface area contributed by atoms with Gasteiger partial charge in [0, 0.05) is 32.6 Å². The number of hydrogen-bond acceptors (Lipinski definition) is 3. The molecule has 2 fully saturated rings. The van der Waals surface area contributed by atoms with Crippen LogP contribution in [0, 0.1) is 0 Å². The van der Waals surface area contributed by atoms with E-state index in [0.717, 1.165) is 38.9 Å². The zero-order valence-electron chi connectivity index (χ0n) is 11.2. The third-order valence-corrected chi connectivity index (χ3v) is 3.82. The fourth-order valence-electron chi connectivity index (χ4n) is 2.73. The molecule has 2 saturated heterocycles. The Hall–Kier alpha value is -1.10. The number of carbonyl (C=O) groups excluding carboxylic acids is 2. The van der Waals surface area contributed by atoms with Crippen molar-refractivity contribution in [2.24, 2.45) is 0 Å². The van der Waals surface area contributed by atoms with E-state index in [4.69, 9.17) is 0 Å². The second-order valence-electron chi connectivity index (χ2n) is 5.06. The van der Waals surface area contributed by atoms with Crippen molar-refractivity contribution >= 4 is 11.8 Å². The maximum atomic E-state index is 12.3. The highest BCUT2D eigenvalue weighted by Gasteiger charge is 2.28. The smallest absolute Gasteiger partial charge is 0.239 e. The summed E-state index contributed by atoms with van der Waals surface area (Å²) in [5, 5.41) is 3.25. The molecule has 0 aromatic rings. The lowest BCUT2D eigenvalue weighted by Gasteiger charge is -2.24. The second-order valence-corrected chi connectivity index (χ2v) is 5.06. The Bertz CT molecular complexity index is 313. The minimum atomic E-state index is 0.0124. The minimum Gasteiger partial charge on any atom is -0.341 e. The van der Waals surface area contributed by atoms with Gasteiger partial charge in [0.2, 0.25) is 11.8 Å². The quantitative estimate of drug-likeness (QED) is 0.765. The van der Waals surface area contributed by atoms with Gasteiger partial charge in [0.1, 0.15) is 0 Å². The molecule has 0 saturated carbocycles. The summed E-state index contributed by atoms with van der Waals surface area (Å²) in [6.07, 6.45) is 3.49. The molecule has 5 heteroatoms. The Morgan fingerprint density at radius 3 is 2.50 bits per heavy atom. The minimum absolute atomic E-state index is 0.0124. The number of nitrogens with one attached hydrogen (secondary N) is 1. The van der Waals surface area contributed by atoms with E-state index in [0.29, 0.717) is 19.5 Å². The zero-order valence-corrected chi connectivity index (χ0v) is 11.2. The Balaban J connectivity index is 1.88. The van der Waals surface area contributed by atoms with Crippen molar-refractivity contribution in [1.82, 2.24) is 15.1 Å². The molecule has 2 aliphatic rings. The molecule has 0 aliphatic carbocycles. The summed E-state index contributed by atoms with van der Waals surface area (Å²) in [5.74, 6) is 0.418. The van der Waals surface area contributed by atoms with Gasteiger partial charge < -0.3 is 15.1 Å². The summed E-state index contributed by atoms with van der Waals surface area (Å²) < 4.78 is 0. The van der Waals surface area contributed by atoms with E-state index in [2.05, 4.69) is 5.32 Å². The number of hydrogen-bond donors (Lipinski definition) is 1. The van der Waals surface area contributed by atoms with E-state index < -0.39 is 0 Å². The molecule has 18 heavy (non-hydrogen) atoms. The highest BCUT2D eigenvalue weighted by atomic mass is 16.2. The summed E-state index contributed by atoms with van der Waals surface area (Å²) in [6, 6.07) is 0.0124. The van der Waals surface area contributed by atoms with Crippen molar-refractivity contribution < 1.29 is 9.59 Å². The molecule has 0 aromatic heterocycles. The van der Waals surface area contributed by atoms with Gasteiger partial charge in [-0.1, -0.05) is 6.92 Å². The predicted octanol–water partition coefficient (Wildman–Crippen LogP) is 0.209. The van der Waals surface area contributed by atoms with Crippen LogP contribution in [0.4, 0.5) is 0 Å². The lowest BCUT2D eigenvalue weighted by molar-refractivity contribution is -0.134. The molecule has 2 amide bonds. The highest BCUT2D eigenvalue weighted by molar-refractivity contribution is 5.82. The van der Waals surface area contributed by atoms with Gasteiger partial charge in [0.25, 0.3) is 0 Å². The van der Waals surface area contributed by atoms with Crippen LogP contribution in [0.15, 0.2) is 0 Å². The molecular weight excluding hydrogens is 230 g/mol. The Morgan fingerprint density at radius 1 is 1.11 bits per heavy atom. The molecule has 1 N–H and O–H groups in total. The van der Waals surface area contributed by atoms with Crippen LogP contribution in [0.3, 0.4) is 0 Å². The number of amides is 2. The van der Waals surface area contributed by atoms with Gasteiger partial charge in [-0.15, -0.1) is 0 Å². The van der Waals surface area contributed by atoms with Crippen LogP contribution in [0.5, 0.6) is 0 Å². The maximum Gasteiger partial charge on any atom is 0.239 e. The fourth-order valence-corrected chi connectivity index (χ4v) is 2.73. The third-order valence-electron chi connectivity index (χ3n) is 3.82. The van der Waals surface area contributed by atoms with Crippen molar-refractivity contribution in [2.45, 2.75) is 38.6 Å². The van der Waals surface area contributed by atoms with E-state index in [1.54, 1.807) is 0 Å². The van der Waals surface area contributed by atoms with Crippen molar-refractivity contribution in [3.05, 3.63) is 0 Å². The summed E-state index contributed by atoms with van der Waals surface area (Å²) in [6.45, 7) is 5.77. The normalized spacial score (nSPS) is 25.1. The summed E-state index contributed by atoms with van der Waals surface area (Å²) in [7, 11) is 0. The molecule has 102 valence electrons. The third kappa shape index (κ3) is 3.02. The van der Waals surface area contributed by atoms with Gasteiger partial charge in [-0.25, -0.2) is 0 Å². The second kappa shape index (κ2) is 6.18. The van der Waals surface area contributed by atoms with Crippen LogP contribution in [0.25, 0.3) is 0 Å². The van der Waals surface area contributed by atoms with E-state index in [1.807, 2.05) is 16.7 Å². The Morgan fingerprint density at radius 2 is 1.83 bits per heavy atom. The molecule has 2 aliphatic heterocycles. The zero-order chi connectivity index (χ0) is 13.0. The van der Waals surface area contributed by atoms with Gasteiger partial charge in [-0.05, 0) is 25.8 Å². The Labute approximate surface area is 108 Å². The number of carbonyl (C=O) groups is 2. The van der Waals surface area contributed by atoms with Crippen LogP contribution in [-0.4, -0.2) is 60.4 Å². The van der Waals surface area contributed by atoms with Gasteiger partial charge in [0.15, 0.2) is 0 Å². The summed E-state index contributed by atoms with van der Waals surface area (Å²) in [5.41, 5.74) is 0. The molecular formula is C13H23N3O2. The van der Waals surface area contributed by atoms with Crippen LogP contribution in [0.2, 0.25) is 0 Å². The average Bonchev–Trinajstić information content (AvgIpc) is 2.81. The highest BCUT2D eigenvalue weighted by Crippen LogP contribution is 2.11. The van der Waals surface area contributed by atoms with Crippen LogP contribution >= 0.6 is 0 Å². The van der Waals surface area contributed by atoms with Crippen LogP contribution in [0.1, 0.15) is 32.6 Å². The first-order valence-electron chi connectivity index (χ1n) is 7.02. The molecule has 1 unspecified atom stereocenters. The molecule has 5 nitrogen and oxygen atoms in total. The summed E-state index contributed by atoms with van der Waals surface area (Å²) >= 11 is 0. The number of nitrogens with zero attached hydrogens (tertiary/aromatic N) is 2. The molecule has 2 heterocycles. The van der Waals surface area contributed by atoms with Gasteiger partial charge >= 0.3 is 0 Å². The first-order valence-corrected chi connectivity index (χ1v) is 7.02. The first-order chi connectivity index (χ1) is 8.72. The average molecular weight is 253 g/mol. The maximum absolute atomic E-state index is 12.3. The van der Waals surface area contributed by atoms with E-state index in [-0.39, 0.29) is 17.9 Å².